The predicted octanol–water partition coefficient (Wildman–Crippen LogP) is 2.97. The van der Waals surface area contributed by atoms with E-state index >= 15 is 0 Å². The number of carbonyl (C=O) groups excluding carboxylic acids is 2. The lowest BCUT2D eigenvalue weighted by Crippen LogP contribution is -2.49. The third kappa shape index (κ3) is 1.90. The van der Waals surface area contributed by atoms with E-state index in [2.05, 4.69) is 69.0 Å². The van der Waals surface area contributed by atoms with Gasteiger partial charge in [0, 0.05) is 19.8 Å². The van der Waals surface area contributed by atoms with Gasteiger partial charge in [0.25, 0.3) is 0 Å². The highest BCUT2D eigenvalue weighted by Crippen LogP contribution is 2.66. The summed E-state index contributed by atoms with van der Waals surface area (Å²) in [5.74, 6) is 0.190. The number of halogens is 4. The standard InChI is InChI=1S/C12H13Br4NO2/c13-3-4(14)2-12-6-1-5(8(15)9(6)16)7(12)10(18)17-11(12)19/h4-9H,1-3H2,(H,17,18,19). The fourth-order valence-corrected chi connectivity index (χ4v) is 7.01. The topological polar surface area (TPSA) is 46.2 Å². The van der Waals surface area contributed by atoms with Crippen LogP contribution in [0.4, 0.5) is 0 Å². The molecule has 0 aromatic rings. The van der Waals surface area contributed by atoms with Crippen molar-refractivity contribution in [3.05, 3.63) is 0 Å². The van der Waals surface area contributed by atoms with Crippen molar-refractivity contribution in [2.75, 3.05) is 5.33 Å². The third-order valence-corrected chi connectivity index (χ3v) is 10.4. The maximum absolute atomic E-state index is 12.5. The first-order chi connectivity index (χ1) is 8.93. The van der Waals surface area contributed by atoms with Crippen molar-refractivity contribution in [1.82, 2.24) is 5.32 Å². The molecule has 0 aromatic carbocycles. The zero-order valence-electron chi connectivity index (χ0n) is 9.91. The van der Waals surface area contributed by atoms with Crippen molar-refractivity contribution in [3.8, 4) is 0 Å². The molecule has 3 fully saturated rings. The zero-order valence-corrected chi connectivity index (χ0v) is 16.3. The second-order valence-electron chi connectivity index (χ2n) is 5.69. The summed E-state index contributed by atoms with van der Waals surface area (Å²) in [6, 6.07) is 0. The molecular formula is C12H13Br4NO2. The van der Waals surface area contributed by atoms with E-state index in [1.165, 1.54) is 0 Å². The van der Waals surface area contributed by atoms with Crippen LogP contribution in [0.3, 0.4) is 0 Å². The molecule has 2 bridgehead atoms. The Hall–Kier alpha value is 1.06. The van der Waals surface area contributed by atoms with Crippen molar-refractivity contribution in [2.24, 2.45) is 23.2 Å². The summed E-state index contributed by atoms with van der Waals surface area (Å²) in [4.78, 5) is 25.4. The fourth-order valence-electron chi connectivity index (χ4n) is 4.27. The molecule has 19 heavy (non-hydrogen) atoms. The maximum Gasteiger partial charge on any atom is 0.233 e. The van der Waals surface area contributed by atoms with Crippen LogP contribution in [0.5, 0.6) is 0 Å². The first kappa shape index (κ1) is 15.0. The molecule has 1 heterocycles. The molecule has 2 amide bonds. The molecule has 0 spiro atoms. The van der Waals surface area contributed by atoms with Crippen molar-refractivity contribution in [3.63, 3.8) is 0 Å². The molecule has 3 rings (SSSR count). The number of rotatable bonds is 3. The van der Waals surface area contributed by atoms with Gasteiger partial charge in [-0.15, -0.1) is 0 Å². The molecule has 1 N–H and O–H groups in total. The summed E-state index contributed by atoms with van der Waals surface area (Å²) in [5, 5.41) is 3.36. The van der Waals surface area contributed by atoms with Crippen molar-refractivity contribution >= 4 is 75.5 Å². The molecule has 106 valence electrons. The second kappa shape index (κ2) is 5.06. The Morgan fingerprint density at radius 3 is 2.63 bits per heavy atom. The van der Waals surface area contributed by atoms with Gasteiger partial charge in [-0.2, -0.15) is 0 Å². The van der Waals surface area contributed by atoms with Gasteiger partial charge in [-0.25, -0.2) is 0 Å². The summed E-state index contributed by atoms with van der Waals surface area (Å²) in [5.41, 5.74) is -0.526. The molecule has 7 atom stereocenters. The SMILES string of the molecule is O=C1NC(=O)C2(CC(Br)CBr)C3CC(C(Br)C3Br)C12. The van der Waals surface area contributed by atoms with E-state index < -0.39 is 5.41 Å². The Morgan fingerprint density at radius 2 is 2.00 bits per heavy atom. The monoisotopic (exact) mass is 519 g/mol. The van der Waals surface area contributed by atoms with Gasteiger partial charge in [-0.3, -0.25) is 14.9 Å². The van der Waals surface area contributed by atoms with Crippen molar-refractivity contribution in [2.45, 2.75) is 27.3 Å². The number of nitrogens with one attached hydrogen (secondary N) is 1. The van der Waals surface area contributed by atoms with E-state index in [1.54, 1.807) is 0 Å². The summed E-state index contributed by atoms with van der Waals surface area (Å²) in [7, 11) is 0. The Bertz CT molecular complexity index is 445. The Kier molecular flexibility index (Phi) is 3.99. The van der Waals surface area contributed by atoms with E-state index in [1.807, 2.05) is 0 Å². The summed E-state index contributed by atoms with van der Waals surface area (Å²) < 4.78 is 0. The molecular weight excluding hydrogens is 510 g/mol. The van der Waals surface area contributed by atoms with E-state index in [0.717, 1.165) is 11.8 Å². The maximum atomic E-state index is 12.5. The molecule has 1 aliphatic heterocycles. The van der Waals surface area contributed by atoms with Crippen LogP contribution in [0.25, 0.3) is 0 Å². The van der Waals surface area contributed by atoms with Crippen LogP contribution in [0, 0.1) is 23.2 Å². The first-order valence-electron chi connectivity index (χ1n) is 6.27. The quantitative estimate of drug-likeness (QED) is 0.458. The molecule has 3 aliphatic rings. The summed E-state index contributed by atoms with van der Waals surface area (Å²) in [6.07, 6.45) is 1.67. The van der Waals surface area contributed by atoms with Gasteiger partial charge in [-0.1, -0.05) is 63.7 Å². The minimum Gasteiger partial charge on any atom is -0.296 e. The molecule has 3 nitrogen and oxygen atoms in total. The lowest BCUT2D eigenvalue weighted by Gasteiger charge is -2.41. The number of carbonyl (C=O) groups is 2. The number of alkyl halides is 4. The minimum atomic E-state index is -0.526. The summed E-state index contributed by atoms with van der Waals surface area (Å²) >= 11 is 14.5. The van der Waals surface area contributed by atoms with Gasteiger partial charge in [0.2, 0.25) is 11.8 Å². The summed E-state index contributed by atoms with van der Waals surface area (Å²) in [6.45, 7) is 0. The zero-order chi connectivity index (χ0) is 13.9. The van der Waals surface area contributed by atoms with Crippen LogP contribution in [0.15, 0.2) is 0 Å². The second-order valence-corrected chi connectivity index (χ2v) is 9.74. The molecule has 2 aliphatic carbocycles. The van der Waals surface area contributed by atoms with Gasteiger partial charge in [0.05, 0.1) is 11.3 Å². The molecule has 1 saturated heterocycles. The number of fused-ring (bicyclic) bond motifs is 5. The molecule has 0 radical (unpaired) electrons. The van der Waals surface area contributed by atoms with Gasteiger partial charge in [-0.05, 0) is 24.7 Å². The van der Waals surface area contributed by atoms with Gasteiger partial charge < -0.3 is 0 Å². The number of hydrogen-bond acceptors (Lipinski definition) is 2. The van der Waals surface area contributed by atoms with Crippen LogP contribution in [0.1, 0.15) is 12.8 Å². The van der Waals surface area contributed by atoms with Crippen molar-refractivity contribution < 1.29 is 9.59 Å². The molecule has 0 aromatic heterocycles. The van der Waals surface area contributed by atoms with Crippen LogP contribution in [-0.2, 0) is 9.59 Å². The average molecular weight is 523 g/mol. The highest BCUT2D eigenvalue weighted by Gasteiger charge is 2.72. The van der Waals surface area contributed by atoms with Crippen molar-refractivity contribution in [1.29, 1.82) is 0 Å². The molecule has 7 unspecified atom stereocenters. The lowest BCUT2D eigenvalue weighted by atomic mass is 9.65. The van der Waals surface area contributed by atoms with E-state index in [0.29, 0.717) is 6.42 Å². The minimum absolute atomic E-state index is 0.0655. The van der Waals surface area contributed by atoms with Gasteiger partial charge >= 0.3 is 0 Å². The Balaban J connectivity index is 2.03. The lowest BCUT2D eigenvalue weighted by molar-refractivity contribution is -0.131. The van der Waals surface area contributed by atoms with E-state index in [-0.39, 0.29) is 44.0 Å². The van der Waals surface area contributed by atoms with Crippen LogP contribution in [0.2, 0.25) is 0 Å². The highest BCUT2D eigenvalue weighted by molar-refractivity contribution is 9.12. The van der Waals surface area contributed by atoms with Crippen LogP contribution in [-0.4, -0.2) is 31.6 Å². The van der Waals surface area contributed by atoms with Crippen LogP contribution >= 0.6 is 63.7 Å². The first-order valence-corrected chi connectivity index (χ1v) is 10.1. The molecule has 7 heteroatoms. The fraction of sp³-hybridized carbons (Fsp3) is 0.833. The van der Waals surface area contributed by atoms with Gasteiger partial charge in [0.15, 0.2) is 0 Å². The normalized spacial score (nSPS) is 49.4. The highest BCUT2D eigenvalue weighted by atomic mass is 79.9. The third-order valence-electron chi connectivity index (χ3n) is 4.94. The van der Waals surface area contributed by atoms with E-state index in [4.69, 9.17) is 0 Å². The number of amides is 2. The van der Waals surface area contributed by atoms with Crippen LogP contribution < -0.4 is 5.32 Å². The van der Waals surface area contributed by atoms with Gasteiger partial charge in [0.1, 0.15) is 0 Å². The predicted molar refractivity (Wildman–Crippen MR) is 87.2 cm³/mol. The van der Waals surface area contributed by atoms with E-state index in [9.17, 15) is 9.59 Å². The largest absolute Gasteiger partial charge is 0.296 e. The Morgan fingerprint density at radius 1 is 1.32 bits per heavy atom. The smallest absolute Gasteiger partial charge is 0.233 e. The number of hydrogen-bond donors (Lipinski definition) is 1. The number of imide groups is 1. The molecule has 2 saturated carbocycles. The Labute approximate surface area is 145 Å². The average Bonchev–Trinajstić information content (AvgIpc) is 2.92.